The molecule has 4 heterocycles. The van der Waals surface area contributed by atoms with Crippen LogP contribution in [0, 0.1) is 6.92 Å². The smallest absolute Gasteiger partial charge is 0.274 e. The highest BCUT2D eigenvalue weighted by Gasteiger charge is 2.22. The predicted molar refractivity (Wildman–Crippen MR) is 121 cm³/mol. The van der Waals surface area contributed by atoms with E-state index in [4.69, 9.17) is 9.57 Å². The number of hydrogen-bond acceptors (Lipinski definition) is 7. The number of fused-ring (bicyclic) bond motifs is 1. The minimum Gasteiger partial charge on any atom is -0.391 e. The maximum absolute atomic E-state index is 12.9. The van der Waals surface area contributed by atoms with Gasteiger partial charge in [-0.2, -0.15) is 0 Å². The SMILES string of the molecule is Cc1ccc(C2N=C(CCN3CCOCC3)ON2)cc1NC(=O)c1cnc2ccccn12. The number of aryl methyl sites for hydroxylation is 1. The second-order valence-corrected chi connectivity index (χ2v) is 7.95. The average molecular weight is 435 g/mol. The Morgan fingerprint density at radius 2 is 2.12 bits per heavy atom. The van der Waals surface area contributed by atoms with Gasteiger partial charge in [-0.1, -0.05) is 18.2 Å². The first-order chi connectivity index (χ1) is 15.7. The number of pyridine rings is 1. The first-order valence-corrected chi connectivity index (χ1v) is 10.8. The molecule has 0 radical (unpaired) electrons. The number of aliphatic imine (C=N–C) groups is 1. The topological polar surface area (TPSA) is 92.5 Å². The van der Waals surface area contributed by atoms with Gasteiger partial charge in [0.15, 0.2) is 6.17 Å². The van der Waals surface area contributed by atoms with Gasteiger partial charge in [0.25, 0.3) is 5.91 Å². The van der Waals surface area contributed by atoms with E-state index in [1.54, 1.807) is 10.6 Å². The van der Waals surface area contributed by atoms with Crippen molar-refractivity contribution < 1.29 is 14.4 Å². The van der Waals surface area contributed by atoms with Crippen molar-refractivity contribution in [3.8, 4) is 0 Å². The number of imidazole rings is 1. The Morgan fingerprint density at radius 3 is 3.00 bits per heavy atom. The summed E-state index contributed by atoms with van der Waals surface area (Å²) in [5.41, 5.74) is 6.82. The van der Waals surface area contributed by atoms with Gasteiger partial charge in [-0.05, 0) is 36.2 Å². The van der Waals surface area contributed by atoms with Gasteiger partial charge in [0.1, 0.15) is 11.3 Å². The van der Waals surface area contributed by atoms with Gasteiger partial charge >= 0.3 is 0 Å². The molecule has 9 nitrogen and oxygen atoms in total. The van der Waals surface area contributed by atoms with Crippen LogP contribution in [0.4, 0.5) is 5.69 Å². The maximum Gasteiger partial charge on any atom is 0.274 e. The number of aromatic nitrogens is 2. The fourth-order valence-corrected chi connectivity index (χ4v) is 3.89. The molecule has 9 heteroatoms. The van der Waals surface area contributed by atoms with Crippen LogP contribution in [0.25, 0.3) is 5.65 Å². The summed E-state index contributed by atoms with van der Waals surface area (Å²) in [5.74, 6) is 0.479. The number of nitrogens with zero attached hydrogens (tertiary/aromatic N) is 4. The molecule has 0 spiro atoms. The molecule has 2 aliphatic heterocycles. The molecule has 32 heavy (non-hydrogen) atoms. The highest BCUT2D eigenvalue weighted by Crippen LogP contribution is 2.26. The summed E-state index contributed by atoms with van der Waals surface area (Å²) in [4.78, 5) is 29.8. The summed E-state index contributed by atoms with van der Waals surface area (Å²) in [7, 11) is 0. The van der Waals surface area contributed by atoms with Crippen LogP contribution in [0.3, 0.4) is 0 Å². The third-order valence-corrected chi connectivity index (χ3v) is 5.78. The van der Waals surface area contributed by atoms with Crippen molar-refractivity contribution in [3.63, 3.8) is 0 Å². The second-order valence-electron chi connectivity index (χ2n) is 7.95. The number of amides is 1. The Bertz CT molecular complexity index is 1150. The van der Waals surface area contributed by atoms with E-state index in [9.17, 15) is 4.79 Å². The van der Waals surface area contributed by atoms with Crippen molar-refractivity contribution in [2.45, 2.75) is 19.5 Å². The number of rotatable bonds is 6. The molecular formula is C23H26N6O3. The molecule has 1 atom stereocenters. The lowest BCUT2D eigenvalue weighted by Crippen LogP contribution is -2.37. The molecule has 166 valence electrons. The van der Waals surface area contributed by atoms with E-state index in [0.717, 1.165) is 61.7 Å². The van der Waals surface area contributed by atoms with E-state index >= 15 is 0 Å². The molecule has 1 saturated heterocycles. The molecule has 5 rings (SSSR count). The summed E-state index contributed by atoms with van der Waals surface area (Å²) in [6.07, 6.45) is 3.85. The van der Waals surface area contributed by atoms with E-state index in [1.807, 2.05) is 49.5 Å². The van der Waals surface area contributed by atoms with Gasteiger partial charge in [0.2, 0.25) is 5.90 Å². The lowest BCUT2D eigenvalue weighted by atomic mass is 10.1. The van der Waals surface area contributed by atoms with Crippen LogP contribution in [0.15, 0.2) is 53.8 Å². The third kappa shape index (κ3) is 4.36. The summed E-state index contributed by atoms with van der Waals surface area (Å²) >= 11 is 0. The molecule has 0 saturated carbocycles. The summed E-state index contributed by atoms with van der Waals surface area (Å²) in [5, 5.41) is 3.01. The average Bonchev–Trinajstić information content (AvgIpc) is 3.47. The monoisotopic (exact) mass is 434 g/mol. The number of hydroxylamine groups is 1. The zero-order valence-electron chi connectivity index (χ0n) is 18.0. The summed E-state index contributed by atoms with van der Waals surface area (Å²) < 4.78 is 7.16. The molecule has 0 aliphatic carbocycles. The Morgan fingerprint density at radius 1 is 1.25 bits per heavy atom. The molecule has 0 bridgehead atoms. The highest BCUT2D eigenvalue weighted by atomic mass is 16.7. The Hall–Kier alpha value is -3.27. The zero-order valence-corrected chi connectivity index (χ0v) is 18.0. The second kappa shape index (κ2) is 9.07. The first kappa shape index (κ1) is 20.6. The predicted octanol–water partition coefficient (Wildman–Crippen LogP) is 2.55. The lowest BCUT2D eigenvalue weighted by Gasteiger charge is -2.26. The van der Waals surface area contributed by atoms with Gasteiger partial charge in [-0.15, -0.1) is 5.48 Å². The lowest BCUT2D eigenvalue weighted by molar-refractivity contribution is 0.0383. The number of carbonyl (C=O) groups is 1. The Labute approximate surface area is 186 Å². The van der Waals surface area contributed by atoms with E-state index in [-0.39, 0.29) is 12.1 Å². The molecule has 1 aromatic carbocycles. The fourth-order valence-electron chi connectivity index (χ4n) is 3.89. The maximum atomic E-state index is 12.9. The number of hydrogen-bond donors (Lipinski definition) is 2. The number of morpholine rings is 1. The summed E-state index contributed by atoms with van der Waals surface area (Å²) in [6, 6.07) is 11.5. The van der Waals surface area contributed by atoms with Crippen molar-refractivity contribution in [2.75, 3.05) is 38.2 Å². The molecule has 2 aromatic heterocycles. The fraction of sp³-hybridized carbons (Fsp3) is 0.348. The van der Waals surface area contributed by atoms with Gasteiger partial charge in [-0.3, -0.25) is 14.1 Å². The minimum atomic E-state index is -0.304. The molecular weight excluding hydrogens is 408 g/mol. The van der Waals surface area contributed by atoms with Crippen LogP contribution < -0.4 is 10.8 Å². The number of benzene rings is 1. The highest BCUT2D eigenvalue weighted by molar-refractivity contribution is 6.04. The standard InChI is InChI=1S/C23H26N6O3/c1-16-5-6-17(22-26-21(32-27-22)7-9-28-10-12-31-13-11-28)14-18(16)25-23(30)19-15-24-20-4-2-3-8-29(19)20/h2-6,8,14-15,22,27H,7,9-13H2,1H3,(H,25,30). The quantitative estimate of drug-likeness (QED) is 0.620. The van der Waals surface area contributed by atoms with E-state index in [1.165, 1.54) is 0 Å². The van der Waals surface area contributed by atoms with Gasteiger partial charge in [0, 0.05) is 37.9 Å². The van der Waals surface area contributed by atoms with Crippen LogP contribution in [0.1, 0.15) is 34.2 Å². The number of anilines is 1. The van der Waals surface area contributed by atoms with E-state index in [0.29, 0.717) is 11.6 Å². The van der Waals surface area contributed by atoms with E-state index < -0.39 is 0 Å². The van der Waals surface area contributed by atoms with Crippen molar-refractivity contribution in [2.24, 2.45) is 4.99 Å². The Kier molecular flexibility index (Phi) is 5.85. The molecule has 3 aromatic rings. The zero-order chi connectivity index (χ0) is 21.9. The van der Waals surface area contributed by atoms with E-state index in [2.05, 4.69) is 25.7 Å². The van der Waals surface area contributed by atoms with Crippen molar-refractivity contribution in [1.82, 2.24) is 19.8 Å². The normalized spacial score (nSPS) is 19.0. The van der Waals surface area contributed by atoms with Crippen LogP contribution in [-0.2, 0) is 9.57 Å². The minimum absolute atomic E-state index is 0.214. The van der Waals surface area contributed by atoms with Crippen LogP contribution >= 0.6 is 0 Å². The van der Waals surface area contributed by atoms with Crippen LogP contribution in [0.2, 0.25) is 0 Å². The van der Waals surface area contributed by atoms with Crippen molar-refractivity contribution >= 4 is 23.1 Å². The molecule has 2 aliphatic rings. The van der Waals surface area contributed by atoms with Crippen molar-refractivity contribution in [3.05, 3.63) is 65.6 Å². The van der Waals surface area contributed by atoms with Gasteiger partial charge < -0.3 is 14.9 Å². The first-order valence-electron chi connectivity index (χ1n) is 10.8. The van der Waals surface area contributed by atoms with Crippen LogP contribution in [-0.4, -0.2) is 58.9 Å². The number of carbonyl (C=O) groups excluding carboxylic acids is 1. The third-order valence-electron chi connectivity index (χ3n) is 5.78. The molecule has 2 N–H and O–H groups in total. The molecule has 1 fully saturated rings. The van der Waals surface area contributed by atoms with Gasteiger partial charge in [0.05, 0.1) is 19.4 Å². The number of ether oxygens (including phenoxy) is 1. The number of nitrogens with one attached hydrogen (secondary N) is 2. The largest absolute Gasteiger partial charge is 0.391 e. The van der Waals surface area contributed by atoms with Crippen LogP contribution in [0.5, 0.6) is 0 Å². The summed E-state index contributed by atoms with van der Waals surface area (Å²) in [6.45, 7) is 6.30. The molecule has 1 amide bonds. The molecule has 1 unspecified atom stereocenters. The Balaban J connectivity index is 1.27. The van der Waals surface area contributed by atoms with Crippen molar-refractivity contribution in [1.29, 1.82) is 0 Å². The van der Waals surface area contributed by atoms with Gasteiger partial charge in [-0.25, -0.2) is 9.98 Å².